The van der Waals surface area contributed by atoms with Crippen LogP contribution < -0.4 is 14.8 Å². The molecule has 2 rings (SSSR count). The third kappa shape index (κ3) is 5.54. The highest BCUT2D eigenvalue weighted by molar-refractivity contribution is 5.23. The quantitative estimate of drug-likeness (QED) is 0.872. The fourth-order valence-corrected chi connectivity index (χ4v) is 2.26. The number of nitrogens with one attached hydrogen (secondary N) is 1. The van der Waals surface area contributed by atoms with E-state index >= 15 is 0 Å². The highest BCUT2D eigenvalue weighted by Gasteiger charge is 2.31. The Labute approximate surface area is 128 Å². The lowest BCUT2D eigenvalue weighted by Gasteiger charge is -2.36. The third-order valence-corrected chi connectivity index (χ3v) is 3.33. The van der Waals surface area contributed by atoms with Crippen LogP contribution in [0.5, 0.6) is 11.6 Å². The molecule has 1 heterocycles. The second kappa shape index (κ2) is 6.65. The molecule has 0 saturated heterocycles. The van der Waals surface area contributed by atoms with E-state index in [9.17, 15) is 0 Å². The van der Waals surface area contributed by atoms with Gasteiger partial charge in [0.2, 0.25) is 5.88 Å². The summed E-state index contributed by atoms with van der Waals surface area (Å²) in [5, 5.41) is 3.51. The Balaban J connectivity index is 1.74. The van der Waals surface area contributed by atoms with Gasteiger partial charge in [0.15, 0.2) is 0 Å². The van der Waals surface area contributed by atoms with Gasteiger partial charge in [-0.15, -0.1) is 0 Å². The Morgan fingerprint density at radius 1 is 1.29 bits per heavy atom. The molecule has 21 heavy (non-hydrogen) atoms. The first kappa shape index (κ1) is 16.1. The lowest BCUT2D eigenvalue weighted by atomic mass is 9.89. The van der Waals surface area contributed by atoms with Crippen molar-refractivity contribution in [1.82, 2.24) is 10.3 Å². The lowest BCUT2D eigenvalue weighted by molar-refractivity contribution is 0.0770. The van der Waals surface area contributed by atoms with Gasteiger partial charge in [0.05, 0.1) is 12.8 Å². The molecule has 1 aliphatic carbocycles. The molecule has 1 saturated carbocycles. The SMILES string of the molecule is CC(C)NC1CC(Oc2ccc(OCC(C)(C)C)cn2)C1. The topological polar surface area (TPSA) is 43.4 Å². The Kier molecular flexibility index (Phi) is 5.09. The van der Waals surface area contributed by atoms with Crippen LogP contribution in [0.4, 0.5) is 0 Å². The molecule has 0 aromatic carbocycles. The van der Waals surface area contributed by atoms with E-state index in [4.69, 9.17) is 9.47 Å². The summed E-state index contributed by atoms with van der Waals surface area (Å²) in [6.45, 7) is 11.5. The molecule has 1 aromatic rings. The molecule has 1 N–H and O–H groups in total. The maximum Gasteiger partial charge on any atom is 0.213 e. The maximum absolute atomic E-state index is 5.86. The molecule has 0 aliphatic heterocycles. The van der Waals surface area contributed by atoms with Crippen LogP contribution >= 0.6 is 0 Å². The molecule has 0 atom stereocenters. The summed E-state index contributed by atoms with van der Waals surface area (Å²) in [5.41, 5.74) is 0.152. The van der Waals surface area contributed by atoms with Gasteiger partial charge in [-0.2, -0.15) is 0 Å². The minimum atomic E-state index is 0.152. The Hall–Kier alpha value is -1.29. The van der Waals surface area contributed by atoms with Crippen molar-refractivity contribution in [1.29, 1.82) is 0 Å². The maximum atomic E-state index is 5.86. The smallest absolute Gasteiger partial charge is 0.213 e. The number of ether oxygens (including phenoxy) is 2. The van der Waals surface area contributed by atoms with Crippen LogP contribution in [0.25, 0.3) is 0 Å². The predicted octanol–water partition coefficient (Wildman–Crippen LogP) is 3.41. The Morgan fingerprint density at radius 3 is 2.52 bits per heavy atom. The van der Waals surface area contributed by atoms with Gasteiger partial charge in [-0.1, -0.05) is 34.6 Å². The highest BCUT2D eigenvalue weighted by Crippen LogP contribution is 2.26. The summed E-state index contributed by atoms with van der Waals surface area (Å²) in [7, 11) is 0. The molecule has 0 unspecified atom stereocenters. The van der Waals surface area contributed by atoms with Crippen LogP contribution in [0.1, 0.15) is 47.5 Å². The Morgan fingerprint density at radius 2 is 2.00 bits per heavy atom. The summed E-state index contributed by atoms with van der Waals surface area (Å²) in [6.07, 6.45) is 4.14. The summed E-state index contributed by atoms with van der Waals surface area (Å²) in [6, 6.07) is 4.94. The minimum Gasteiger partial charge on any atom is -0.491 e. The van der Waals surface area contributed by atoms with E-state index in [1.807, 2.05) is 12.1 Å². The third-order valence-electron chi connectivity index (χ3n) is 3.33. The highest BCUT2D eigenvalue weighted by atomic mass is 16.5. The molecule has 0 bridgehead atoms. The van der Waals surface area contributed by atoms with Crippen molar-refractivity contribution in [2.45, 2.75) is 65.6 Å². The van der Waals surface area contributed by atoms with Gasteiger partial charge in [-0.25, -0.2) is 4.98 Å². The van der Waals surface area contributed by atoms with Gasteiger partial charge in [0.1, 0.15) is 11.9 Å². The monoisotopic (exact) mass is 292 g/mol. The first-order chi connectivity index (χ1) is 9.82. The first-order valence-corrected chi connectivity index (χ1v) is 7.83. The summed E-state index contributed by atoms with van der Waals surface area (Å²) in [5.74, 6) is 1.48. The van der Waals surface area contributed by atoms with E-state index in [1.165, 1.54) is 0 Å². The van der Waals surface area contributed by atoms with Crippen molar-refractivity contribution >= 4 is 0 Å². The summed E-state index contributed by atoms with van der Waals surface area (Å²) >= 11 is 0. The molecule has 4 nitrogen and oxygen atoms in total. The van der Waals surface area contributed by atoms with E-state index in [-0.39, 0.29) is 11.5 Å². The van der Waals surface area contributed by atoms with Gasteiger partial charge < -0.3 is 14.8 Å². The van der Waals surface area contributed by atoms with E-state index in [0.717, 1.165) is 18.6 Å². The van der Waals surface area contributed by atoms with E-state index in [2.05, 4.69) is 44.9 Å². The van der Waals surface area contributed by atoms with E-state index in [0.29, 0.717) is 24.6 Å². The normalized spacial score (nSPS) is 22.0. The fraction of sp³-hybridized carbons (Fsp3) is 0.706. The largest absolute Gasteiger partial charge is 0.491 e. The second-order valence-electron chi connectivity index (χ2n) is 7.41. The molecule has 0 amide bonds. The van der Waals surface area contributed by atoms with Crippen molar-refractivity contribution in [2.75, 3.05) is 6.61 Å². The Bertz CT molecular complexity index is 431. The molecule has 118 valence electrons. The number of rotatable bonds is 6. The van der Waals surface area contributed by atoms with Crippen LogP contribution in [0.3, 0.4) is 0 Å². The predicted molar refractivity (Wildman–Crippen MR) is 84.9 cm³/mol. The van der Waals surface area contributed by atoms with Crippen molar-refractivity contribution in [2.24, 2.45) is 5.41 Å². The van der Waals surface area contributed by atoms with Gasteiger partial charge in [-0.05, 0) is 24.3 Å². The van der Waals surface area contributed by atoms with Gasteiger partial charge in [-0.3, -0.25) is 0 Å². The van der Waals surface area contributed by atoms with Crippen LogP contribution in [0.2, 0.25) is 0 Å². The molecule has 4 heteroatoms. The zero-order valence-corrected chi connectivity index (χ0v) is 13.8. The van der Waals surface area contributed by atoms with Crippen LogP contribution in [-0.2, 0) is 0 Å². The van der Waals surface area contributed by atoms with Gasteiger partial charge in [0.25, 0.3) is 0 Å². The standard InChI is InChI=1S/C17H28N2O2/c1-12(2)19-13-8-15(9-13)21-16-7-6-14(10-18-16)20-11-17(3,4)5/h6-7,10,12-13,15,19H,8-9,11H2,1-5H3. The van der Waals surface area contributed by atoms with Crippen LogP contribution in [-0.4, -0.2) is 29.8 Å². The number of hydrogen-bond donors (Lipinski definition) is 1. The molecule has 1 aliphatic rings. The number of aromatic nitrogens is 1. The van der Waals surface area contributed by atoms with Gasteiger partial charge in [0, 0.05) is 18.2 Å². The van der Waals surface area contributed by atoms with Crippen molar-refractivity contribution < 1.29 is 9.47 Å². The molecule has 0 spiro atoms. The second-order valence-corrected chi connectivity index (χ2v) is 7.41. The lowest BCUT2D eigenvalue weighted by Crippen LogP contribution is -2.49. The van der Waals surface area contributed by atoms with E-state index < -0.39 is 0 Å². The zero-order valence-electron chi connectivity index (χ0n) is 13.8. The molecule has 1 aromatic heterocycles. The number of nitrogens with zero attached hydrogens (tertiary/aromatic N) is 1. The summed E-state index contributed by atoms with van der Waals surface area (Å²) < 4.78 is 11.6. The molecule has 1 fully saturated rings. The number of pyridine rings is 1. The molecular weight excluding hydrogens is 264 g/mol. The molecular formula is C17H28N2O2. The van der Waals surface area contributed by atoms with Crippen LogP contribution in [0, 0.1) is 5.41 Å². The van der Waals surface area contributed by atoms with Crippen molar-refractivity contribution in [3.8, 4) is 11.6 Å². The fourth-order valence-electron chi connectivity index (χ4n) is 2.26. The van der Waals surface area contributed by atoms with Crippen molar-refractivity contribution in [3.05, 3.63) is 18.3 Å². The summed E-state index contributed by atoms with van der Waals surface area (Å²) in [4.78, 5) is 4.32. The number of hydrogen-bond acceptors (Lipinski definition) is 4. The van der Waals surface area contributed by atoms with Crippen molar-refractivity contribution in [3.63, 3.8) is 0 Å². The average Bonchev–Trinajstić information content (AvgIpc) is 2.34. The minimum absolute atomic E-state index is 0.152. The zero-order chi connectivity index (χ0) is 15.5. The van der Waals surface area contributed by atoms with Crippen LogP contribution in [0.15, 0.2) is 18.3 Å². The first-order valence-electron chi connectivity index (χ1n) is 7.83. The van der Waals surface area contributed by atoms with Gasteiger partial charge >= 0.3 is 0 Å². The average molecular weight is 292 g/mol. The molecule has 0 radical (unpaired) electrons. The van der Waals surface area contributed by atoms with E-state index in [1.54, 1.807) is 6.20 Å².